The topological polar surface area (TPSA) is 120 Å². The van der Waals surface area contributed by atoms with E-state index in [2.05, 4.69) is 9.46 Å². The van der Waals surface area contributed by atoms with Gasteiger partial charge in [0, 0.05) is 6.54 Å². The Morgan fingerprint density at radius 3 is 2.65 bits per heavy atom. The summed E-state index contributed by atoms with van der Waals surface area (Å²) >= 11 is 0. The Morgan fingerprint density at radius 1 is 1.40 bits per heavy atom. The number of hydrogen-bond acceptors (Lipinski definition) is 6. The first kappa shape index (κ1) is 16.1. The van der Waals surface area contributed by atoms with Gasteiger partial charge in [-0.3, -0.25) is 4.72 Å². The highest BCUT2D eigenvalue weighted by Gasteiger charge is 2.19. The van der Waals surface area contributed by atoms with Crippen LogP contribution in [0.1, 0.15) is 12.5 Å². The zero-order valence-electron chi connectivity index (χ0n) is 11.2. The van der Waals surface area contributed by atoms with E-state index in [0.717, 1.165) is 0 Å². The molecule has 1 aromatic carbocycles. The van der Waals surface area contributed by atoms with Crippen molar-refractivity contribution < 1.29 is 22.7 Å². The third kappa shape index (κ3) is 4.28. The number of anilines is 1. The van der Waals surface area contributed by atoms with Gasteiger partial charge in [-0.1, -0.05) is 12.1 Å². The molecule has 8 nitrogen and oxygen atoms in total. The molecule has 0 radical (unpaired) electrons. The zero-order chi connectivity index (χ0) is 15.2. The summed E-state index contributed by atoms with van der Waals surface area (Å²) in [5, 5.41) is 0. The van der Waals surface area contributed by atoms with E-state index in [1.807, 2.05) is 0 Å². The molecular formula is C11H17N3O5S. The molecule has 1 aromatic rings. The molecule has 0 unspecified atom stereocenters. The molecule has 0 aliphatic heterocycles. The minimum Gasteiger partial charge on any atom is -0.495 e. The SMILES string of the molecule is CCOC(=O)NS(=O)(=O)Nc1c(CN)cccc1OC. The molecule has 0 spiro atoms. The molecule has 0 heterocycles. The van der Waals surface area contributed by atoms with Gasteiger partial charge >= 0.3 is 16.3 Å². The van der Waals surface area contributed by atoms with Crippen molar-refractivity contribution in [2.45, 2.75) is 13.5 Å². The number of benzene rings is 1. The number of nitrogens with two attached hydrogens (primary N) is 1. The number of ether oxygens (including phenoxy) is 2. The normalized spacial score (nSPS) is 10.8. The van der Waals surface area contributed by atoms with Crippen LogP contribution >= 0.6 is 0 Å². The molecule has 20 heavy (non-hydrogen) atoms. The number of para-hydroxylation sites is 1. The van der Waals surface area contributed by atoms with Gasteiger partial charge in [0.15, 0.2) is 0 Å². The maximum absolute atomic E-state index is 11.8. The number of carbonyl (C=O) groups is 1. The van der Waals surface area contributed by atoms with E-state index in [-0.39, 0.29) is 18.8 Å². The standard InChI is InChI=1S/C11H17N3O5S/c1-3-19-11(15)14-20(16,17)13-10-8(7-12)5-4-6-9(10)18-2/h4-6,13H,3,7,12H2,1-2H3,(H,14,15). The predicted octanol–water partition coefficient (Wildman–Crippen LogP) is 0.557. The maximum atomic E-state index is 11.8. The van der Waals surface area contributed by atoms with Crippen molar-refractivity contribution in [2.24, 2.45) is 5.73 Å². The van der Waals surface area contributed by atoms with Crippen molar-refractivity contribution in [3.05, 3.63) is 23.8 Å². The summed E-state index contributed by atoms with van der Waals surface area (Å²) in [6.45, 7) is 1.73. The number of hydrogen-bond donors (Lipinski definition) is 3. The number of rotatable bonds is 6. The highest BCUT2D eigenvalue weighted by Crippen LogP contribution is 2.28. The summed E-state index contributed by atoms with van der Waals surface area (Å²) in [6.07, 6.45) is -1.07. The van der Waals surface area contributed by atoms with Gasteiger partial charge < -0.3 is 15.2 Å². The van der Waals surface area contributed by atoms with E-state index in [1.165, 1.54) is 7.11 Å². The Kier molecular flexibility index (Phi) is 5.59. The van der Waals surface area contributed by atoms with E-state index in [0.29, 0.717) is 11.3 Å². The van der Waals surface area contributed by atoms with Gasteiger partial charge in [-0.25, -0.2) is 9.52 Å². The third-order valence-electron chi connectivity index (χ3n) is 2.28. The minimum atomic E-state index is -4.13. The molecule has 112 valence electrons. The fourth-order valence-electron chi connectivity index (χ4n) is 1.46. The lowest BCUT2D eigenvalue weighted by Gasteiger charge is -2.15. The highest BCUT2D eigenvalue weighted by molar-refractivity contribution is 7.91. The van der Waals surface area contributed by atoms with Gasteiger partial charge in [-0.15, -0.1) is 0 Å². The van der Waals surface area contributed by atoms with E-state index >= 15 is 0 Å². The van der Waals surface area contributed by atoms with Gasteiger partial charge in [0.25, 0.3) is 0 Å². The van der Waals surface area contributed by atoms with Crippen LogP contribution in [-0.4, -0.2) is 28.2 Å². The quantitative estimate of drug-likeness (QED) is 0.706. The van der Waals surface area contributed by atoms with Crippen molar-refractivity contribution in [1.29, 1.82) is 0 Å². The summed E-state index contributed by atoms with van der Waals surface area (Å²) in [5.41, 5.74) is 6.24. The average molecular weight is 303 g/mol. The molecule has 0 saturated carbocycles. The fraction of sp³-hybridized carbons (Fsp3) is 0.364. The molecule has 1 rings (SSSR count). The lowest BCUT2D eigenvalue weighted by molar-refractivity contribution is 0.159. The molecule has 0 aromatic heterocycles. The van der Waals surface area contributed by atoms with Crippen LogP contribution in [0.15, 0.2) is 18.2 Å². The van der Waals surface area contributed by atoms with Crippen molar-refractivity contribution in [1.82, 2.24) is 4.72 Å². The summed E-state index contributed by atoms with van der Waals surface area (Å²) in [7, 11) is -2.74. The van der Waals surface area contributed by atoms with E-state index in [9.17, 15) is 13.2 Å². The molecule has 0 bridgehead atoms. The number of methoxy groups -OCH3 is 1. The summed E-state index contributed by atoms with van der Waals surface area (Å²) < 4.78 is 37.1. The lowest BCUT2D eigenvalue weighted by Crippen LogP contribution is -2.36. The van der Waals surface area contributed by atoms with Crippen LogP contribution in [0.5, 0.6) is 5.75 Å². The predicted molar refractivity (Wildman–Crippen MR) is 73.6 cm³/mol. The van der Waals surface area contributed by atoms with E-state index < -0.39 is 16.3 Å². The van der Waals surface area contributed by atoms with Crippen LogP contribution in [-0.2, 0) is 21.5 Å². The molecule has 9 heteroatoms. The lowest BCUT2D eigenvalue weighted by atomic mass is 10.1. The van der Waals surface area contributed by atoms with E-state index in [1.54, 1.807) is 29.8 Å². The first-order valence-electron chi connectivity index (χ1n) is 5.76. The number of carbonyl (C=O) groups excluding carboxylic acids is 1. The smallest absolute Gasteiger partial charge is 0.422 e. The molecule has 0 atom stereocenters. The van der Waals surface area contributed by atoms with Gasteiger partial charge in [0.2, 0.25) is 0 Å². The van der Waals surface area contributed by atoms with Crippen LogP contribution in [0.4, 0.5) is 10.5 Å². The highest BCUT2D eigenvalue weighted by atomic mass is 32.2. The fourth-order valence-corrected chi connectivity index (χ4v) is 2.29. The van der Waals surface area contributed by atoms with E-state index in [4.69, 9.17) is 10.5 Å². The van der Waals surface area contributed by atoms with Gasteiger partial charge in [-0.2, -0.15) is 8.42 Å². The molecule has 4 N–H and O–H groups in total. The largest absolute Gasteiger partial charge is 0.495 e. The van der Waals surface area contributed by atoms with Crippen LogP contribution in [0.3, 0.4) is 0 Å². The zero-order valence-corrected chi connectivity index (χ0v) is 12.0. The Morgan fingerprint density at radius 2 is 2.10 bits per heavy atom. The van der Waals surface area contributed by atoms with Gasteiger partial charge in [-0.05, 0) is 18.6 Å². The summed E-state index contributed by atoms with van der Waals surface area (Å²) in [5.74, 6) is 0.294. The second kappa shape index (κ2) is 6.96. The molecular weight excluding hydrogens is 286 g/mol. The van der Waals surface area contributed by atoms with Crippen molar-refractivity contribution in [3.8, 4) is 5.75 Å². The molecule has 0 saturated heterocycles. The van der Waals surface area contributed by atoms with Crippen molar-refractivity contribution in [2.75, 3.05) is 18.4 Å². The second-order valence-corrected chi connectivity index (χ2v) is 5.04. The second-order valence-electron chi connectivity index (χ2n) is 3.63. The number of nitrogens with one attached hydrogen (secondary N) is 2. The number of amides is 1. The Hall–Kier alpha value is -2.00. The van der Waals surface area contributed by atoms with Crippen LogP contribution in [0.2, 0.25) is 0 Å². The maximum Gasteiger partial charge on any atom is 0.422 e. The Balaban J connectivity index is 3.00. The average Bonchev–Trinajstić information content (AvgIpc) is 2.38. The monoisotopic (exact) mass is 303 g/mol. The van der Waals surface area contributed by atoms with Crippen LogP contribution in [0.25, 0.3) is 0 Å². The van der Waals surface area contributed by atoms with Crippen LogP contribution < -0.4 is 19.9 Å². The molecule has 0 aliphatic rings. The first-order valence-corrected chi connectivity index (χ1v) is 7.25. The van der Waals surface area contributed by atoms with Crippen molar-refractivity contribution >= 4 is 22.0 Å². The minimum absolute atomic E-state index is 0.0596. The molecule has 1 amide bonds. The molecule has 0 fully saturated rings. The first-order chi connectivity index (χ1) is 9.43. The summed E-state index contributed by atoms with van der Waals surface area (Å²) in [4.78, 5) is 11.1. The Bertz CT molecular complexity index is 551. The van der Waals surface area contributed by atoms with Gasteiger partial charge in [0.05, 0.1) is 19.4 Å². The van der Waals surface area contributed by atoms with Crippen LogP contribution in [0, 0.1) is 0 Å². The summed E-state index contributed by atoms with van der Waals surface area (Å²) in [6, 6.07) is 4.89. The Labute approximate surface area is 117 Å². The van der Waals surface area contributed by atoms with Crippen molar-refractivity contribution in [3.63, 3.8) is 0 Å². The molecule has 0 aliphatic carbocycles. The van der Waals surface area contributed by atoms with Gasteiger partial charge in [0.1, 0.15) is 5.75 Å². The third-order valence-corrected chi connectivity index (χ3v) is 3.19.